The Balaban J connectivity index is 2.01. The number of nitrogens with zero attached hydrogens (tertiary/aromatic N) is 1. The molecule has 0 saturated carbocycles. The van der Waals surface area contributed by atoms with Gasteiger partial charge in [0, 0.05) is 37.3 Å². The number of fused-ring (bicyclic) bond motifs is 1. The maximum Gasteiger partial charge on any atom is 0.131 e. The molecule has 17 heavy (non-hydrogen) atoms. The van der Waals surface area contributed by atoms with Crippen LogP contribution in [0.2, 0.25) is 0 Å². The quantitative estimate of drug-likeness (QED) is 0.809. The maximum atomic E-state index is 13.5. The summed E-state index contributed by atoms with van der Waals surface area (Å²) in [7, 11) is 0. The minimum Gasteiger partial charge on any atom is -0.369 e. The summed E-state index contributed by atoms with van der Waals surface area (Å²) in [6.07, 6.45) is 0. The molecule has 1 saturated heterocycles. The molecule has 2 nitrogen and oxygen atoms in total. The SMILES string of the molecule is Fc1cccc2cc(N3CCNCC3)ccc12. The van der Waals surface area contributed by atoms with Crippen LogP contribution in [0.4, 0.5) is 10.1 Å². The minimum absolute atomic E-state index is 0.144. The van der Waals surface area contributed by atoms with Gasteiger partial charge in [0.25, 0.3) is 0 Å². The van der Waals surface area contributed by atoms with Gasteiger partial charge in [0.1, 0.15) is 5.82 Å². The number of halogens is 1. The molecule has 3 rings (SSSR count). The number of hydrogen-bond donors (Lipinski definition) is 1. The highest BCUT2D eigenvalue weighted by Crippen LogP contribution is 2.24. The van der Waals surface area contributed by atoms with Crippen LogP contribution in [0.5, 0.6) is 0 Å². The molecule has 0 aromatic heterocycles. The lowest BCUT2D eigenvalue weighted by Crippen LogP contribution is -2.43. The van der Waals surface area contributed by atoms with Gasteiger partial charge < -0.3 is 10.2 Å². The second kappa shape index (κ2) is 4.34. The summed E-state index contributed by atoms with van der Waals surface area (Å²) in [6.45, 7) is 4.06. The number of hydrogen-bond acceptors (Lipinski definition) is 2. The predicted octanol–water partition coefficient (Wildman–Crippen LogP) is 2.39. The van der Waals surface area contributed by atoms with E-state index >= 15 is 0 Å². The molecule has 0 bridgehead atoms. The molecule has 3 heteroatoms. The highest BCUT2D eigenvalue weighted by Gasteiger charge is 2.11. The molecule has 1 aliphatic rings. The van der Waals surface area contributed by atoms with Gasteiger partial charge in [-0.25, -0.2) is 4.39 Å². The Morgan fingerprint density at radius 1 is 1.06 bits per heavy atom. The van der Waals surface area contributed by atoms with Gasteiger partial charge in [-0.3, -0.25) is 0 Å². The van der Waals surface area contributed by atoms with Crippen molar-refractivity contribution in [1.82, 2.24) is 5.32 Å². The van der Waals surface area contributed by atoms with E-state index in [2.05, 4.69) is 16.3 Å². The summed E-state index contributed by atoms with van der Waals surface area (Å²) < 4.78 is 13.5. The van der Waals surface area contributed by atoms with E-state index in [0.717, 1.165) is 31.6 Å². The predicted molar refractivity (Wildman–Crippen MR) is 69.0 cm³/mol. The lowest BCUT2D eigenvalue weighted by molar-refractivity contribution is 0.589. The van der Waals surface area contributed by atoms with E-state index < -0.39 is 0 Å². The highest BCUT2D eigenvalue weighted by molar-refractivity contribution is 5.86. The van der Waals surface area contributed by atoms with E-state index in [1.807, 2.05) is 18.2 Å². The van der Waals surface area contributed by atoms with E-state index in [9.17, 15) is 4.39 Å². The van der Waals surface area contributed by atoms with Gasteiger partial charge in [-0.05, 0) is 29.7 Å². The van der Waals surface area contributed by atoms with E-state index in [4.69, 9.17) is 0 Å². The van der Waals surface area contributed by atoms with Gasteiger partial charge in [-0.15, -0.1) is 0 Å². The third-order valence-electron chi connectivity index (χ3n) is 3.29. The Labute approximate surface area is 100 Å². The van der Waals surface area contributed by atoms with Crippen LogP contribution >= 0.6 is 0 Å². The summed E-state index contributed by atoms with van der Waals surface area (Å²) in [6, 6.07) is 11.2. The van der Waals surface area contributed by atoms with Gasteiger partial charge in [0.2, 0.25) is 0 Å². The number of anilines is 1. The fourth-order valence-electron chi connectivity index (χ4n) is 2.35. The summed E-state index contributed by atoms with van der Waals surface area (Å²) in [5.74, 6) is -0.144. The average molecular weight is 230 g/mol. The second-order valence-corrected chi connectivity index (χ2v) is 4.38. The van der Waals surface area contributed by atoms with Crippen molar-refractivity contribution in [3.05, 3.63) is 42.2 Å². The zero-order valence-corrected chi connectivity index (χ0v) is 9.62. The summed E-state index contributed by atoms with van der Waals surface area (Å²) in [5.41, 5.74) is 1.18. The number of piperazine rings is 1. The Hall–Kier alpha value is -1.61. The third kappa shape index (κ3) is 1.98. The zero-order valence-electron chi connectivity index (χ0n) is 9.62. The van der Waals surface area contributed by atoms with E-state index in [0.29, 0.717) is 5.39 Å². The van der Waals surface area contributed by atoms with Crippen molar-refractivity contribution in [3.8, 4) is 0 Å². The molecular weight excluding hydrogens is 215 g/mol. The van der Waals surface area contributed by atoms with Gasteiger partial charge >= 0.3 is 0 Å². The molecule has 1 aliphatic heterocycles. The molecule has 2 aromatic rings. The zero-order chi connectivity index (χ0) is 11.7. The third-order valence-corrected chi connectivity index (χ3v) is 3.29. The normalized spacial score (nSPS) is 16.4. The molecule has 88 valence electrons. The second-order valence-electron chi connectivity index (χ2n) is 4.38. The van der Waals surface area contributed by atoms with Crippen molar-refractivity contribution in [2.75, 3.05) is 31.1 Å². The number of nitrogens with one attached hydrogen (secondary N) is 1. The van der Waals surface area contributed by atoms with Crippen LogP contribution < -0.4 is 10.2 Å². The van der Waals surface area contributed by atoms with E-state index in [-0.39, 0.29) is 5.82 Å². The van der Waals surface area contributed by atoms with Crippen molar-refractivity contribution in [2.45, 2.75) is 0 Å². The number of rotatable bonds is 1. The summed E-state index contributed by atoms with van der Waals surface area (Å²) in [5, 5.41) is 5.00. The molecule has 2 aromatic carbocycles. The smallest absolute Gasteiger partial charge is 0.131 e. The first-order chi connectivity index (χ1) is 8.34. The number of benzene rings is 2. The maximum absolute atomic E-state index is 13.5. The Morgan fingerprint density at radius 2 is 1.88 bits per heavy atom. The largest absolute Gasteiger partial charge is 0.369 e. The van der Waals surface area contributed by atoms with Crippen LogP contribution in [0.15, 0.2) is 36.4 Å². The molecule has 1 fully saturated rings. The lowest BCUT2D eigenvalue weighted by atomic mass is 10.1. The van der Waals surface area contributed by atoms with Crippen LogP contribution in [-0.2, 0) is 0 Å². The minimum atomic E-state index is -0.144. The molecule has 0 atom stereocenters. The highest BCUT2D eigenvalue weighted by atomic mass is 19.1. The fourth-order valence-corrected chi connectivity index (χ4v) is 2.35. The Morgan fingerprint density at radius 3 is 2.71 bits per heavy atom. The standard InChI is InChI=1S/C14H15FN2/c15-14-3-1-2-11-10-12(4-5-13(11)14)17-8-6-16-7-9-17/h1-5,10,16H,6-9H2. The van der Waals surface area contributed by atoms with Gasteiger partial charge in [0.15, 0.2) is 0 Å². The molecular formula is C14H15FN2. The summed E-state index contributed by atoms with van der Waals surface area (Å²) in [4.78, 5) is 2.33. The average Bonchev–Trinajstić information content (AvgIpc) is 2.40. The topological polar surface area (TPSA) is 15.3 Å². The molecule has 1 heterocycles. The molecule has 0 amide bonds. The fraction of sp³-hybridized carbons (Fsp3) is 0.286. The molecule has 1 N–H and O–H groups in total. The molecule has 0 aliphatic carbocycles. The van der Waals surface area contributed by atoms with Crippen LogP contribution in [0, 0.1) is 5.82 Å². The van der Waals surface area contributed by atoms with Crippen molar-refractivity contribution >= 4 is 16.5 Å². The Bertz CT molecular complexity index is 533. The van der Waals surface area contributed by atoms with Gasteiger partial charge in [0.05, 0.1) is 0 Å². The van der Waals surface area contributed by atoms with Gasteiger partial charge in [-0.1, -0.05) is 12.1 Å². The van der Waals surface area contributed by atoms with Crippen molar-refractivity contribution < 1.29 is 4.39 Å². The van der Waals surface area contributed by atoms with E-state index in [1.165, 1.54) is 11.8 Å². The first-order valence-corrected chi connectivity index (χ1v) is 5.98. The van der Waals surface area contributed by atoms with Crippen molar-refractivity contribution in [1.29, 1.82) is 0 Å². The van der Waals surface area contributed by atoms with Gasteiger partial charge in [-0.2, -0.15) is 0 Å². The monoisotopic (exact) mass is 230 g/mol. The first kappa shape index (κ1) is 10.5. The van der Waals surface area contributed by atoms with Crippen LogP contribution in [0.3, 0.4) is 0 Å². The van der Waals surface area contributed by atoms with Crippen LogP contribution in [0.1, 0.15) is 0 Å². The van der Waals surface area contributed by atoms with Crippen molar-refractivity contribution in [3.63, 3.8) is 0 Å². The van der Waals surface area contributed by atoms with Crippen LogP contribution in [-0.4, -0.2) is 26.2 Å². The molecule has 0 radical (unpaired) electrons. The van der Waals surface area contributed by atoms with Crippen molar-refractivity contribution in [2.24, 2.45) is 0 Å². The lowest BCUT2D eigenvalue weighted by Gasteiger charge is -2.29. The molecule has 0 unspecified atom stereocenters. The first-order valence-electron chi connectivity index (χ1n) is 5.98. The summed E-state index contributed by atoms with van der Waals surface area (Å²) >= 11 is 0. The van der Waals surface area contributed by atoms with Crippen LogP contribution in [0.25, 0.3) is 10.8 Å². The molecule has 0 spiro atoms. The van der Waals surface area contributed by atoms with E-state index in [1.54, 1.807) is 6.07 Å². The Kier molecular flexibility index (Phi) is 2.69.